The molecular weight excluding hydrogens is 448 g/mol. The zero-order valence-corrected chi connectivity index (χ0v) is 22.7. The molecule has 1 aromatic heterocycles. The van der Waals surface area contributed by atoms with Crippen molar-refractivity contribution >= 4 is 23.1 Å². The quantitative estimate of drug-likeness (QED) is 0.353. The molecule has 0 unspecified atom stereocenters. The largest absolute Gasteiger partial charge is 0.322 e. The molecule has 3 aromatic rings. The highest BCUT2D eigenvalue weighted by atomic mass is 32.1. The summed E-state index contributed by atoms with van der Waals surface area (Å²) in [5, 5.41) is 5.54. The predicted molar refractivity (Wildman–Crippen MR) is 150 cm³/mol. The number of aryl methyl sites for hydroxylation is 1. The number of amides is 2. The van der Waals surface area contributed by atoms with Crippen molar-refractivity contribution in [3.8, 4) is 0 Å². The monoisotopic (exact) mass is 488 g/mol. The molecule has 0 atom stereocenters. The maximum Gasteiger partial charge on any atom is 0.322 e. The molecular formula is C31H40N2OS. The van der Waals surface area contributed by atoms with Crippen LogP contribution in [0.25, 0.3) is 0 Å². The third-order valence-electron chi connectivity index (χ3n) is 7.56. The number of nitrogens with zero attached hydrogens (tertiary/aromatic N) is 1. The fraction of sp³-hybridized carbons (Fsp3) is 0.452. The van der Waals surface area contributed by atoms with Gasteiger partial charge in [0.05, 0.1) is 6.54 Å². The molecule has 0 radical (unpaired) electrons. The molecule has 2 aromatic carbocycles. The van der Waals surface area contributed by atoms with Crippen LogP contribution in [0.15, 0.2) is 60.0 Å². The number of nitrogens with one attached hydrogen (secondary N) is 1. The summed E-state index contributed by atoms with van der Waals surface area (Å²) in [5.74, 6) is 1.28. The van der Waals surface area contributed by atoms with E-state index in [1.165, 1.54) is 27.1 Å². The van der Waals surface area contributed by atoms with E-state index >= 15 is 0 Å². The van der Waals surface area contributed by atoms with Crippen molar-refractivity contribution in [2.45, 2.75) is 90.6 Å². The van der Waals surface area contributed by atoms with E-state index in [4.69, 9.17) is 0 Å². The van der Waals surface area contributed by atoms with Gasteiger partial charge in [-0.25, -0.2) is 4.79 Å². The second-order valence-electron chi connectivity index (χ2n) is 10.6. The van der Waals surface area contributed by atoms with Crippen LogP contribution in [0, 0.1) is 6.92 Å². The number of anilines is 1. The van der Waals surface area contributed by atoms with Crippen LogP contribution in [0.5, 0.6) is 0 Å². The first-order chi connectivity index (χ1) is 16.8. The van der Waals surface area contributed by atoms with Crippen LogP contribution in [-0.4, -0.2) is 17.0 Å². The Hall–Kier alpha value is -2.59. The molecule has 1 aliphatic rings. The maximum absolute atomic E-state index is 14.0. The number of urea groups is 1. The van der Waals surface area contributed by atoms with Crippen molar-refractivity contribution in [2.75, 3.05) is 5.32 Å². The minimum atomic E-state index is 0.0379. The van der Waals surface area contributed by atoms with Crippen LogP contribution in [0.4, 0.5) is 10.5 Å². The lowest BCUT2D eigenvalue weighted by molar-refractivity contribution is 0.159. The van der Waals surface area contributed by atoms with Gasteiger partial charge in [0.1, 0.15) is 0 Å². The van der Waals surface area contributed by atoms with E-state index < -0.39 is 0 Å². The molecule has 3 nitrogen and oxygen atoms in total. The Balaban J connectivity index is 1.58. The zero-order valence-electron chi connectivity index (χ0n) is 21.9. The second-order valence-corrected chi connectivity index (χ2v) is 11.6. The zero-order chi connectivity index (χ0) is 24.9. The molecule has 1 aliphatic carbocycles. The topological polar surface area (TPSA) is 32.3 Å². The molecule has 186 valence electrons. The number of thiophene rings is 1. The van der Waals surface area contributed by atoms with E-state index in [1.807, 2.05) is 0 Å². The van der Waals surface area contributed by atoms with Crippen molar-refractivity contribution < 1.29 is 4.79 Å². The standard InChI is InChI=1S/C31H40N2OS/c1-21(2)27-12-9-13-28(22(3)4)30(27)32-31(34)33(20-29-23(5)18-19-35-29)26-16-14-25(15-17-26)24-10-7-6-8-11-24/h6-13,18-19,21-22,25-26H,14-17,20H2,1-5H3,(H,32,34)/t25-,26-. The number of para-hydroxylation sites is 1. The molecule has 0 saturated heterocycles. The molecule has 0 spiro atoms. The Labute approximate surface area is 215 Å². The average Bonchev–Trinajstić information content (AvgIpc) is 3.27. The van der Waals surface area contributed by atoms with Gasteiger partial charge < -0.3 is 10.2 Å². The lowest BCUT2D eigenvalue weighted by atomic mass is 9.81. The highest BCUT2D eigenvalue weighted by Crippen LogP contribution is 2.37. The normalized spacial score (nSPS) is 18.1. The number of benzene rings is 2. The average molecular weight is 489 g/mol. The fourth-order valence-corrected chi connectivity index (χ4v) is 6.31. The molecule has 35 heavy (non-hydrogen) atoms. The first-order valence-electron chi connectivity index (χ1n) is 13.1. The minimum absolute atomic E-state index is 0.0379. The Morgan fingerprint density at radius 2 is 1.54 bits per heavy atom. The molecule has 1 saturated carbocycles. The van der Waals surface area contributed by atoms with E-state index in [0.717, 1.165) is 31.4 Å². The van der Waals surface area contributed by atoms with E-state index in [-0.39, 0.29) is 12.1 Å². The van der Waals surface area contributed by atoms with E-state index in [9.17, 15) is 4.79 Å². The fourth-order valence-electron chi connectivity index (χ4n) is 5.41. The number of carbonyl (C=O) groups excluding carboxylic acids is 1. The minimum Gasteiger partial charge on any atom is -0.316 e. The number of hydrogen-bond acceptors (Lipinski definition) is 2. The molecule has 4 rings (SSSR count). The summed E-state index contributed by atoms with van der Waals surface area (Å²) in [6, 6.07) is 19.8. The van der Waals surface area contributed by atoms with E-state index in [2.05, 4.69) is 105 Å². The Kier molecular flexibility index (Phi) is 8.33. The molecule has 4 heteroatoms. The van der Waals surface area contributed by atoms with Gasteiger partial charge in [0.15, 0.2) is 0 Å². The number of hydrogen-bond donors (Lipinski definition) is 1. The third kappa shape index (κ3) is 5.98. The summed E-state index contributed by atoms with van der Waals surface area (Å²) in [7, 11) is 0. The van der Waals surface area contributed by atoms with Crippen molar-refractivity contribution in [3.63, 3.8) is 0 Å². The van der Waals surface area contributed by atoms with Crippen molar-refractivity contribution in [1.82, 2.24) is 4.90 Å². The second kappa shape index (κ2) is 11.4. The van der Waals surface area contributed by atoms with Gasteiger partial charge in [-0.2, -0.15) is 0 Å². The molecule has 1 N–H and O–H groups in total. The van der Waals surface area contributed by atoms with Crippen LogP contribution < -0.4 is 5.32 Å². The van der Waals surface area contributed by atoms with Gasteiger partial charge in [0, 0.05) is 16.6 Å². The first-order valence-corrected chi connectivity index (χ1v) is 14.0. The summed E-state index contributed by atoms with van der Waals surface area (Å²) >= 11 is 1.76. The maximum atomic E-state index is 14.0. The van der Waals surface area contributed by atoms with Gasteiger partial charge in [0.2, 0.25) is 0 Å². The van der Waals surface area contributed by atoms with Gasteiger partial charge in [0.25, 0.3) is 0 Å². The lowest BCUT2D eigenvalue weighted by Crippen LogP contribution is -2.44. The summed E-state index contributed by atoms with van der Waals surface area (Å²) in [6.45, 7) is 11.6. The van der Waals surface area contributed by atoms with Crippen molar-refractivity contribution in [1.29, 1.82) is 0 Å². The van der Waals surface area contributed by atoms with Crippen molar-refractivity contribution in [2.24, 2.45) is 0 Å². The molecule has 0 aliphatic heterocycles. The first kappa shape index (κ1) is 25.5. The third-order valence-corrected chi connectivity index (χ3v) is 8.56. The summed E-state index contributed by atoms with van der Waals surface area (Å²) < 4.78 is 0. The van der Waals surface area contributed by atoms with Crippen LogP contribution in [0.3, 0.4) is 0 Å². The number of carbonyl (C=O) groups is 1. The van der Waals surface area contributed by atoms with Crippen LogP contribution in [0.2, 0.25) is 0 Å². The smallest absolute Gasteiger partial charge is 0.316 e. The Bertz CT molecular complexity index is 1080. The van der Waals surface area contributed by atoms with Gasteiger partial charge in [-0.3, -0.25) is 0 Å². The van der Waals surface area contributed by atoms with E-state index in [0.29, 0.717) is 24.3 Å². The van der Waals surface area contributed by atoms with Gasteiger partial charge >= 0.3 is 6.03 Å². The highest BCUT2D eigenvalue weighted by molar-refractivity contribution is 7.10. The van der Waals surface area contributed by atoms with Gasteiger partial charge in [-0.05, 0) is 84.1 Å². The Morgan fingerprint density at radius 3 is 2.09 bits per heavy atom. The lowest BCUT2D eigenvalue weighted by Gasteiger charge is -2.37. The van der Waals surface area contributed by atoms with Gasteiger partial charge in [-0.15, -0.1) is 11.3 Å². The number of rotatable bonds is 7. The summed E-state index contributed by atoms with van der Waals surface area (Å²) in [6.07, 6.45) is 4.34. The Morgan fingerprint density at radius 1 is 0.914 bits per heavy atom. The van der Waals surface area contributed by atoms with Crippen LogP contribution in [0.1, 0.15) is 98.3 Å². The van der Waals surface area contributed by atoms with Crippen LogP contribution >= 0.6 is 11.3 Å². The van der Waals surface area contributed by atoms with E-state index in [1.54, 1.807) is 11.3 Å². The highest BCUT2D eigenvalue weighted by Gasteiger charge is 2.31. The molecule has 1 heterocycles. The summed E-state index contributed by atoms with van der Waals surface area (Å²) in [4.78, 5) is 17.4. The molecule has 2 amide bonds. The molecule has 1 fully saturated rings. The summed E-state index contributed by atoms with van der Waals surface area (Å²) in [5.41, 5.74) is 6.14. The SMILES string of the molecule is Cc1ccsc1CN(C(=O)Nc1c(C(C)C)cccc1C(C)C)[C@H]1CC[C@H](c2ccccc2)CC1. The van der Waals surface area contributed by atoms with Crippen molar-refractivity contribution in [3.05, 3.63) is 87.1 Å². The molecule has 0 bridgehead atoms. The van der Waals surface area contributed by atoms with Crippen LogP contribution in [-0.2, 0) is 6.54 Å². The van der Waals surface area contributed by atoms with Gasteiger partial charge in [-0.1, -0.05) is 76.2 Å². The predicted octanol–water partition coefficient (Wildman–Crippen LogP) is 9.06.